The zero-order valence-electron chi connectivity index (χ0n) is 14.2. The summed E-state index contributed by atoms with van der Waals surface area (Å²) in [6.07, 6.45) is 3.16. The number of aryl methyl sites for hydroxylation is 1. The van der Waals surface area contributed by atoms with Crippen molar-refractivity contribution >= 4 is 6.03 Å². The number of nitrogens with one attached hydrogen (secondary N) is 2. The monoisotopic (exact) mass is 319 g/mol. The average molecular weight is 319 g/mol. The van der Waals surface area contributed by atoms with Crippen LogP contribution >= 0.6 is 0 Å². The number of likely N-dealkylation sites (tertiary alicyclic amines) is 1. The smallest absolute Gasteiger partial charge is 0.315 e. The summed E-state index contributed by atoms with van der Waals surface area (Å²) < 4.78 is 0. The van der Waals surface area contributed by atoms with E-state index >= 15 is 0 Å². The fourth-order valence-electron chi connectivity index (χ4n) is 3.00. The second-order valence-electron chi connectivity index (χ2n) is 6.31. The molecule has 1 aliphatic rings. The summed E-state index contributed by atoms with van der Waals surface area (Å²) in [7, 11) is 0. The Balaban J connectivity index is 1.97. The number of aliphatic hydroxyl groups excluding tert-OH is 1. The molecule has 0 bridgehead atoms. The number of nitrogens with zero attached hydrogens (tertiary/aromatic N) is 1. The van der Waals surface area contributed by atoms with Crippen molar-refractivity contribution < 1.29 is 9.90 Å². The Morgan fingerprint density at radius 1 is 1.26 bits per heavy atom. The molecule has 5 nitrogen and oxygen atoms in total. The first-order valence-corrected chi connectivity index (χ1v) is 8.60. The van der Waals surface area contributed by atoms with Gasteiger partial charge in [0, 0.05) is 6.54 Å². The highest BCUT2D eigenvalue weighted by molar-refractivity contribution is 5.74. The Hall–Kier alpha value is -1.59. The first kappa shape index (κ1) is 17.8. The predicted molar refractivity (Wildman–Crippen MR) is 92.4 cm³/mol. The predicted octanol–water partition coefficient (Wildman–Crippen LogP) is 2.20. The fourth-order valence-corrected chi connectivity index (χ4v) is 3.00. The highest BCUT2D eigenvalue weighted by Crippen LogP contribution is 2.24. The second kappa shape index (κ2) is 8.89. The van der Waals surface area contributed by atoms with Crippen molar-refractivity contribution in [2.45, 2.75) is 45.2 Å². The number of rotatable bonds is 7. The number of carbonyl (C=O) groups is 1. The van der Waals surface area contributed by atoms with Crippen LogP contribution in [0.2, 0.25) is 0 Å². The van der Waals surface area contributed by atoms with Gasteiger partial charge in [0.1, 0.15) is 0 Å². The Kier molecular flexibility index (Phi) is 6.86. The first-order valence-electron chi connectivity index (χ1n) is 8.60. The lowest BCUT2D eigenvalue weighted by atomic mass is 10.0. The molecule has 0 saturated carbocycles. The van der Waals surface area contributed by atoms with E-state index in [2.05, 4.69) is 46.7 Å². The molecule has 128 valence electrons. The minimum absolute atomic E-state index is 0.0303. The maximum absolute atomic E-state index is 12.0. The van der Waals surface area contributed by atoms with Crippen LogP contribution in [0.4, 0.5) is 4.79 Å². The molecule has 0 spiro atoms. The largest absolute Gasteiger partial charge is 0.394 e. The van der Waals surface area contributed by atoms with Gasteiger partial charge in [-0.25, -0.2) is 4.79 Å². The molecule has 2 atom stereocenters. The van der Waals surface area contributed by atoms with Crippen LogP contribution in [0.15, 0.2) is 24.3 Å². The van der Waals surface area contributed by atoms with Crippen LogP contribution in [0, 0.1) is 6.92 Å². The van der Waals surface area contributed by atoms with Crippen molar-refractivity contribution in [1.29, 1.82) is 0 Å². The number of urea groups is 1. The standard InChI is InChI=1S/C18H29N3O2/c1-3-16(13-22)20-18(23)19-12-17(21-10-4-5-11-21)15-8-6-14(2)7-9-15/h6-9,16-17,22H,3-5,10-13H2,1-2H3,(H2,19,20,23). The van der Waals surface area contributed by atoms with Crippen molar-refractivity contribution in [3.8, 4) is 0 Å². The van der Waals surface area contributed by atoms with Crippen LogP contribution in [-0.2, 0) is 0 Å². The number of amides is 2. The van der Waals surface area contributed by atoms with Gasteiger partial charge in [-0.3, -0.25) is 4.90 Å². The third-order valence-electron chi connectivity index (χ3n) is 4.55. The van der Waals surface area contributed by atoms with Crippen LogP contribution in [0.5, 0.6) is 0 Å². The summed E-state index contributed by atoms with van der Waals surface area (Å²) in [6.45, 7) is 6.74. The van der Waals surface area contributed by atoms with E-state index in [9.17, 15) is 9.90 Å². The van der Waals surface area contributed by atoms with Crippen LogP contribution in [0.3, 0.4) is 0 Å². The molecular formula is C18H29N3O2. The quantitative estimate of drug-likeness (QED) is 0.722. The third-order valence-corrected chi connectivity index (χ3v) is 4.55. The van der Waals surface area contributed by atoms with Gasteiger partial charge in [-0.05, 0) is 44.8 Å². The zero-order valence-corrected chi connectivity index (χ0v) is 14.2. The van der Waals surface area contributed by atoms with Gasteiger partial charge in [-0.2, -0.15) is 0 Å². The first-order chi connectivity index (χ1) is 11.1. The van der Waals surface area contributed by atoms with E-state index in [4.69, 9.17) is 0 Å². The van der Waals surface area contributed by atoms with Gasteiger partial charge < -0.3 is 15.7 Å². The van der Waals surface area contributed by atoms with Gasteiger partial charge >= 0.3 is 6.03 Å². The number of aliphatic hydroxyl groups is 1. The molecule has 0 aromatic heterocycles. The fraction of sp³-hybridized carbons (Fsp3) is 0.611. The van der Waals surface area contributed by atoms with Gasteiger partial charge in [-0.1, -0.05) is 36.8 Å². The summed E-state index contributed by atoms with van der Waals surface area (Å²) in [5.41, 5.74) is 2.49. The molecule has 2 rings (SSSR count). The third kappa shape index (κ3) is 5.22. The van der Waals surface area contributed by atoms with E-state index in [1.807, 2.05) is 6.92 Å². The van der Waals surface area contributed by atoms with Crippen molar-refractivity contribution in [3.05, 3.63) is 35.4 Å². The molecule has 1 heterocycles. The van der Waals surface area contributed by atoms with E-state index in [0.717, 1.165) is 19.5 Å². The highest BCUT2D eigenvalue weighted by atomic mass is 16.3. The van der Waals surface area contributed by atoms with Gasteiger partial charge in [0.05, 0.1) is 18.7 Å². The molecule has 1 aromatic carbocycles. The second-order valence-corrected chi connectivity index (χ2v) is 6.31. The van der Waals surface area contributed by atoms with E-state index in [1.165, 1.54) is 24.0 Å². The van der Waals surface area contributed by atoms with Crippen LogP contribution < -0.4 is 10.6 Å². The number of carbonyl (C=O) groups excluding carboxylic acids is 1. The molecule has 3 N–H and O–H groups in total. The molecule has 1 saturated heterocycles. The Morgan fingerprint density at radius 3 is 2.48 bits per heavy atom. The molecule has 2 amide bonds. The van der Waals surface area contributed by atoms with Crippen molar-refractivity contribution in [2.75, 3.05) is 26.2 Å². The van der Waals surface area contributed by atoms with E-state index in [1.54, 1.807) is 0 Å². The molecule has 2 unspecified atom stereocenters. The zero-order chi connectivity index (χ0) is 16.7. The van der Waals surface area contributed by atoms with E-state index in [0.29, 0.717) is 6.54 Å². The molecule has 1 aromatic rings. The average Bonchev–Trinajstić information content (AvgIpc) is 3.08. The van der Waals surface area contributed by atoms with Gasteiger partial charge in [-0.15, -0.1) is 0 Å². The number of hydrogen-bond donors (Lipinski definition) is 3. The summed E-state index contributed by atoms with van der Waals surface area (Å²) >= 11 is 0. The molecule has 5 heteroatoms. The van der Waals surface area contributed by atoms with Crippen molar-refractivity contribution in [2.24, 2.45) is 0 Å². The Bertz CT molecular complexity index is 480. The van der Waals surface area contributed by atoms with Gasteiger partial charge in [0.15, 0.2) is 0 Å². The van der Waals surface area contributed by atoms with Crippen molar-refractivity contribution in [1.82, 2.24) is 15.5 Å². The topological polar surface area (TPSA) is 64.6 Å². The van der Waals surface area contributed by atoms with Crippen LogP contribution in [0.1, 0.15) is 43.4 Å². The molecular weight excluding hydrogens is 290 g/mol. The van der Waals surface area contributed by atoms with Gasteiger partial charge in [0.25, 0.3) is 0 Å². The lowest BCUT2D eigenvalue weighted by Gasteiger charge is -2.28. The molecule has 0 radical (unpaired) electrons. The maximum Gasteiger partial charge on any atom is 0.315 e. The number of hydrogen-bond acceptors (Lipinski definition) is 3. The maximum atomic E-state index is 12.0. The van der Waals surface area contributed by atoms with E-state index < -0.39 is 0 Å². The Labute approximate surface area is 139 Å². The summed E-state index contributed by atoms with van der Waals surface area (Å²) in [4.78, 5) is 14.5. The molecule has 1 fully saturated rings. The number of benzene rings is 1. The Morgan fingerprint density at radius 2 is 1.91 bits per heavy atom. The molecule has 0 aliphatic carbocycles. The van der Waals surface area contributed by atoms with Crippen LogP contribution in [-0.4, -0.2) is 48.3 Å². The van der Waals surface area contributed by atoms with Gasteiger partial charge in [0.2, 0.25) is 0 Å². The lowest BCUT2D eigenvalue weighted by molar-refractivity contribution is 0.205. The summed E-state index contributed by atoms with van der Waals surface area (Å²) in [6, 6.07) is 8.37. The summed E-state index contributed by atoms with van der Waals surface area (Å²) in [5, 5.41) is 15.0. The van der Waals surface area contributed by atoms with Crippen molar-refractivity contribution in [3.63, 3.8) is 0 Å². The molecule has 1 aliphatic heterocycles. The summed E-state index contributed by atoms with van der Waals surface area (Å²) in [5.74, 6) is 0. The normalized spacial score (nSPS) is 17.7. The minimum Gasteiger partial charge on any atom is -0.394 e. The molecule has 23 heavy (non-hydrogen) atoms. The lowest BCUT2D eigenvalue weighted by Crippen LogP contribution is -2.46. The SMILES string of the molecule is CCC(CO)NC(=O)NCC(c1ccc(C)cc1)N1CCCC1. The van der Waals surface area contributed by atoms with E-state index in [-0.39, 0.29) is 24.7 Å². The minimum atomic E-state index is -0.206. The highest BCUT2D eigenvalue weighted by Gasteiger charge is 2.24. The van der Waals surface area contributed by atoms with Crippen LogP contribution in [0.25, 0.3) is 0 Å².